The molecule has 1 amide bonds. The summed E-state index contributed by atoms with van der Waals surface area (Å²) in [5.41, 5.74) is 2.36. The first-order valence-corrected chi connectivity index (χ1v) is 10.7. The van der Waals surface area contributed by atoms with Crippen LogP contribution >= 0.6 is 46.4 Å². The molecule has 1 saturated heterocycles. The Bertz CT molecular complexity index is 836. The highest BCUT2D eigenvalue weighted by Crippen LogP contribution is 2.31. The molecule has 7 heteroatoms. The van der Waals surface area contributed by atoms with Crippen LogP contribution in [0, 0.1) is 9.49 Å². The Hall–Kier alpha value is -1.38. The molecule has 1 aliphatic rings. The maximum absolute atomic E-state index is 12.2. The average Bonchev–Trinajstić information content (AvgIpc) is 2.63. The van der Waals surface area contributed by atoms with Gasteiger partial charge in [-0.15, -0.1) is 0 Å². The zero-order valence-corrected chi connectivity index (χ0v) is 18.7. The minimum Gasteiger partial charge on any atom is -0.370 e. The number of piperidine rings is 1. The molecule has 4 nitrogen and oxygen atoms in total. The highest BCUT2D eigenvalue weighted by molar-refractivity contribution is 14.1. The lowest BCUT2D eigenvalue weighted by molar-refractivity contribution is 0.0977. The zero-order valence-electron chi connectivity index (χ0n) is 15.0. The third-order valence-electron chi connectivity index (χ3n) is 4.66. The van der Waals surface area contributed by atoms with Crippen molar-refractivity contribution in [3.63, 3.8) is 0 Å². The lowest BCUT2D eigenvalue weighted by Crippen LogP contribution is -2.34. The Labute approximate surface area is 183 Å². The van der Waals surface area contributed by atoms with Gasteiger partial charge in [0.05, 0.1) is 10.7 Å². The molecule has 1 fully saturated rings. The first-order chi connectivity index (χ1) is 12.9. The van der Waals surface area contributed by atoms with Crippen molar-refractivity contribution < 1.29 is 4.79 Å². The van der Waals surface area contributed by atoms with Crippen LogP contribution in [0.15, 0.2) is 42.5 Å². The number of anilines is 2. The van der Waals surface area contributed by atoms with Gasteiger partial charge in [-0.3, -0.25) is 10.1 Å². The van der Waals surface area contributed by atoms with E-state index in [2.05, 4.69) is 45.0 Å². The fourth-order valence-electron chi connectivity index (χ4n) is 3.03. The van der Waals surface area contributed by atoms with E-state index in [0.717, 1.165) is 34.0 Å². The Morgan fingerprint density at radius 3 is 2.48 bits per heavy atom. The molecule has 1 aliphatic heterocycles. The second-order valence-corrected chi connectivity index (χ2v) is 8.81. The van der Waals surface area contributed by atoms with E-state index in [0.29, 0.717) is 10.6 Å². The molecule has 0 radical (unpaired) electrons. The zero-order chi connectivity index (χ0) is 19.4. The van der Waals surface area contributed by atoms with E-state index in [9.17, 15) is 4.79 Å². The summed E-state index contributed by atoms with van der Waals surface area (Å²) in [6, 6.07) is 13.1. The SMILES string of the molecule is CC1CCN(c2ccc(NC(=S)NC(=O)c3ccc(I)cc3)cc2Cl)CC1. The van der Waals surface area contributed by atoms with Gasteiger partial charge in [0.25, 0.3) is 5.91 Å². The fraction of sp³-hybridized carbons (Fsp3) is 0.300. The van der Waals surface area contributed by atoms with Crippen LogP contribution in [0.3, 0.4) is 0 Å². The van der Waals surface area contributed by atoms with Gasteiger partial charge >= 0.3 is 0 Å². The summed E-state index contributed by atoms with van der Waals surface area (Å²) in [6.45, 7) is 4.34. The summed E-state index contributed by atoms with van der Waals surface area (Å²) >= 11 is 13.9. The largest absolute Gasteiger partial charge is 0.370 e. The number of carbonyl (C=O) groups excluding carboxylic acids is 1. The standard InChI is InChI=1S/C20H21ClIN3OS/c1-13-8-10-25(11-9-13)18-7-6-16(12-17(18)21)23-20(27)24-19(26)14-2-4-15(22)5-3-14/h2-7,12-13H,8-11H2,1H3,(H2,23,24,26,27). The van der Waals surface area contributed by atoms with Crippen LogP contribution < -0.4 is 15.5 Å². The number of nitrogens with one attached hydrogen (secondary N) is 2. The van der Waals surface area contributed by atoms with Crippen molar-refractivity contribution in [3.05, 3.63) is 56.6 Å². The van der Waals surface area contributed by atoms with Gasteiger partial charge in [0.15, 0.2) is 5.11 Å². The van der Waals surface area contributed by atoms with Crippen LogP contribution in [0.25, 0.3) is 0 Å². The minimum absolute atomic E-state index is 0.242. The van der Waals surface area contributed by atoms with E-state index in [1.54, 1.807) is 12.1 Å². The molecule has 1 heterocycles. The molecule has 0 atom stereocenters. The number of benzene rings is 2. The van der Waals surface area contributed by atoms with Gasteiger partial charge in [0.1, 0.15) is 0 Å². The Morgan fingerprint density at radius 2 is 1.85 bits per heavy atom. The molecule has 0 bridgehead atoms. The fourth-order valence-corrected chi connectivity index (χ4v) is 3.90. The van der Waals surface area contributed by atoms with Gasteiger partial charge < -0.3 is 10.2 Å². The maximum Gasteiger partial charge on any atom is 0.257 e. The molecule has 27 heavy (non-hydrogen) atoms. The summed E-state index contributed by atoms with van der Waals surface area (Å²) in [6.07, 6.45) is 2.37. The van der Waals surface area contributed by atoms with Crippen LogP contribution in [-0.4, -0.2) is 24.1 Å². The van der Waals surface area contributed by atoms with Gasteiger partial charge in [0, 0.05) is 27.9 Å². The molecule has 2 N–H and O–H groups in total. The van der Waals surface area contributed by atoms with Crippen molar-refractivity contribution in [1.29, 1.82) is 0 Å². The monoisotopic (exact) mass is 513 g/mol. The first-order valence-electron chi connectivity index (χ1n) is 8.85. The predicted molar refractivity (Wildman–Crippen MR) is 125 cm³/mol. The van der Waals surface area contributed by atoms with Crippen LogP contribution in [0.2, 0.25) is 5.02 Å². The summed E-state index contributed by atoms with van der Waals surface area (Å²) in [4.78, 5) is 14.6. The van der Waals surface area contributed by atoms with E-state index in [1.165, 1.54) is 12.8 Å². The molecular weight excluding hydrogens is 493 g/mol. The number of nitrogens with zero attached hydrogens (tertiary/aromatic N) is 1. The normalized spacial score (nSPS) is 14.7. The van der Waals surface area contributed by atoms with Gasteiger partial charge in [-0.25, -0.2) is 0 Å². The third kappa shape index (κ3) is 5.56. The Balaban J connectivity index is 1.60. The van der Waals surface area contributed by atoms with Crippen LogP contribution in [0.4, 0.5) is 11.4 Å². The van der Waals surface area contributed by atoms with Gasteiger partial charge in [-0.2, -0.15) is 0 Å². The summed E-state index contributed by atoms with van der Waals surface area (Å²) in [5, 5.41) is 6.65. The van der Waals surface area contributed by atoms with Gasteiger partial charge in [-0.1, -0.05) is 18.5 Å². The second-order valence-electron chi connectivity index (χ2n) is 6.75. The molecule has 0 aromatic heterocycles. The van der Waals surface area contributed by atoms with E-state index < -0.39 is 0 Å². The third-order valence-corrected chi connectivity index (χ3v) is 5.89. The van der Waals surface area contributed by atoms with Crippen molar-refractivity contribution in [3.8, 4) is 0 Å². The van der Waals surface area contributed by atoms with Crippen LogP contribution in [0.5, 0.6) is 0 Å². The Morgan fingerprint density at radius 1 is 1.19 bits per heavy atom. The van der Waals surface area contributed by atoms with Gasteiger partial charge in [-0.05, 0) is 96.0 Å². The molecule has 2 aromatic carbocycles. The van der Waals surface area contributed by atoms with E-state index in [4.69, 9.17) is 23.8 Å². The van der Waals surface area contributed by atoms with Crippen LogP contribution in [0.1, 0.15) is 30.1 Å². The summed E-state index contributed by atoms with van der Waals surface area (Å²) in [5.74, 6) is 0.532. The smallest absolute Gasteiger partial charge is 0.257 e. The average molecular weight is 514 g/mol. The number of rotatable bonds is 3. The molecule has 0 aliphatic carbocycles. The van der Waals surface area contributed by atoms with Crippen molar-refractivity contribution in [2.45, 2.75) is 19.8 Å². The van der Waals surface area contributed by atoms with Gasteiger partial charge in [0.2, 0.25) is 0 Å². The minimum atomic E-state index is -0.242. The van der Waals surface area contributed by atoms with E-state index in [-0.39, 0.29) is 11.0 Å². The maximum atomic E-state index is 12.2. The molecule has 142 valence electrons. The molecular formula is C20H21ClIN3OS. The quantitative estimate of drug-likeness (QED) is 0.431. The van der Waals surface area contributed by atoms with Crippen molar-refractivity contribution in [1.82, 2.24) is 5.32 Å². The molecule has 0 unspecified atom stereocenters. The van der Waals surface area contributed by atoms with Crippen molar-refractivity contribution in [2.75, 3.05) is 23.3 Å². The number of carbonyl (C=O) groups is 1. The van der Waals surface area contributed by atoms with Crippen molar-refractivity contribution in [2.24, 2.45) is 5.92 Å². The topological polar surface area (TPSA) is 44.4 Å². The number of hydrogen-bond acceptors (Lipinski definition) is 3. The molecule has 2 aromatic rings. The molecule has 3 rings (SSSR count). The Kier molecular flexibility index (Phi) is 6.94. The predicted octanol–water partition coefficient (Wildman–Crippen LogP) is 5.31. The number of thiocarbonyl (C=S) groups is 1. The summed E-state index contributed by atoms with van der Waals surface area (Å²) in [7, 11) is 0. The number of hydrogen-bond donors (Lipinski definition) is 2. The lowest BCUT2D eigenvalue weighted by Gasteiger charge is -2.32. The van der Waals surface area contributed by atoms with Crippen LogP contribution in [-0.2, 0) is 0 Å². The van der Waals surface area contributed by atoms with E-state index >= 15 is 0 Å². The van der Waals surface area contributed by atoms with E-state index in [1.807, 2.05) is 30.3 Å². The number of halogens is 2. The van der Waals surface area contributed by atoms with Crippen molar-refractivity contribution >= 4 is 68.8 Å². The highest BCUT2D eigenvalue weighted by Gasteiger charge is 2.18. The highest BCUT2D eigenvalue weighted by atomic mass is 127. The molecule has 0 spiro atoms. The summed E-state index contributed by atoms with van der Waals surface area (Å²) < 4.78 is 1.07. The molecule has 0 saturated carbocycles. The second kappa shape index (κ2) is 9.21. The lowest BCUT2D eigenvalue weighted by atomic mass is 9.99. The first kappa shape index (κ1) is 20.4. The number of amides is 1.